The Balaban J connectivity index is 1.85. The molecular formula is C14H12N4O2. The minimum atomic E-state index is -0.284. The van der Waals surface area contributed by atoms with Gasteiger partial charge in [0.15, 0.2) is 0 Å². The number of hydrazine groups is 2. The fourth-order valence-electron chi connectivity index (χ4n) is 1.93. The van der Waals surface area contributed by atoms with Gasteiger partial charge < -0.3 is 10.7 Å². The molecule has 1 aliphatic rings. The molecule has 0 bridgehead atoms. The van der Waals surface area contributed by atoms with Crippen molar-refractivity contribution in [3.05, 3.63) is 59.7 Å². The van der Waals surface area contributed by atoms with Crippen LogP contribution in [0.3, 0.4) is 0 Å². The first-order valence-electron chi connectivity index (χ1n) is 6.06. The number of nitrogens with one attached hydrogen (secondary N) is 4. The summed E-state index contributed by atoms with van der Waals surface area (Å²) in [7, 11) is 0. The van der Waals surface area contributed by atoms with Crippen molar-refractivity contribution in [1.82, 2.24) is 11.0 Å². The number of carbonyl (C=O) groups is 2. The summed E-state index contributed by atoms with van der Waals surface area (Å²) >= 11 is 0. The molecule has 2 aromatic carbocycles. The molecule has 2 aromatic rings. The molecule has 6 nitrogen and oxygen atoms in total. The lowest BCUT2D eigenvalue weighted by molar-refractivity contribution is 0.0931. The Morgan fingerprint density at radius 2 is 1.80 bits per heavy atom. The van der Waals surface area contributed by atoms with Crippen LogP contribution in [0, 0.1) is 0 Å². The lowest BCUT2D eigenvalue weighted by Gasteiger charge is -2.19. The summed E-state index contributed by atoms with van der Waals surface area (Å²) in [6.07, 6.45) is 0. The maximum absolute atomic E-state index is 12.1. The molecule has 4 N–H and O–H groups in total. The molecule has 100 valence electrons. The van der Waals surface area contributed by atoms with Gasteiger partial charge in [-0.2, -0.15) is 0 Å². The van der Waals surface area contributed by atoms with Crippen LogP contribution in [0.25, 0.3) is 0 Å². The van der Waals surface area contributed by atoms with Crippen molar-refractivity contribution in [2.75, 3.05) is 10.7 Å². The number of amides is 2. The van der Waals surface area contributed by atoms with Crippen molar-refractivity contribution in [3.8, 4) is 0 Å². The van der Waals surface area contributed by atoms with Crippen LogP contribution in [-0.2, 0) is 0 Å². The molecule has 0 aromatic heterocycles. The summed E-state index contributed by atoms with van der Waals surface area (Å²) in [6.45, 7) is 0. The van der Waals surface area contributed by atoms with Gasteiger partial charge in [0, 0.05) is 11.3 Å². The maximum Gasteiger partial charge on any atom is 0.268 e. The van der Waals surface area contributed by atoms with Gasteiger partial charge in [-0.25, -0.2) is 0 Å². The Labute approximate surface area is 115 Å². The summed E-state index contributed by atoms with van der Waals surface area (Å²) in [4.78, 5) is 23.8. The van der Waals surface area contributed by atoms with E-state index < -0.39 is 0 Å². The van der Waals surface area contributed by atoms with Gasteiger partial charge >= 0.3 is 0 Å². The van der Waals surface area contributed by atoms with Gasteiger partial charge in [-0.1, -0.05) is 18.2 Å². The maximum atomic E-state index is 12.1. The summed E-state index contributed by atoms with van der Waals surface area (Å²) < 4.78 is 0. The van der Waals surface area contributed by atoms with E-state index in [0.717, 1.165) is 0 Å². The van der Waals surface area contributed by atoms with Crippen molar-refractivity contribution in [3.63, 3.8) is 0 Å². The highest BCUT2D eigenvalue weighted by atomic mass is 16.2. The van der Waals surface area contributed by atoms with Crippen molar-refractivity contribution < 1.29 is 9.59 Å². The van der Waals surface area contributed by atoms with E-state index in [9.17, 15) is 9.59 Å². The fraction of sp³-hybridized carbons (Fsp3) is 0. The highest BCUT2D eigenvalue weighted by molar-refractivity contribution is 6.08. The van der Waals surface area contributed by atoms with Crippen LogP contribution in [0.2, 0.25) is 0 Å². The van der Waals surface area contributed by atoms with E-state index >= 15 is 0 Å². The SMILES string of the molecule is O=C(Nc1ccccc1)c1ccc2c(c1)C(=O)NNN2. The van der Waals surface area contributed by atoms with E-state index in [0.29, 0.717) is 22.5 Å². The Morgan fingerprint density at radius 3 is 2.60 bits per heavy atom. The van der Waals surface area contributed by atoms with Crippen LogP contribution in [-0.4, -0.2) is 11.8 Å². The van der Waals surface area contributed by atoms with Gasteiger partial charge in [0.05, 0.1) is 11.3 Å². The summed E-state index contributed by atoms with van der Waals surface area (Å²) in [5.41, 5.74) is 9.93. The number of carbonyl (C=O) groups excluding carboxylic acids is 2. The van der Waals surface area contributed by atoms with Gasteiger partial charge in [0.2, 0.25) is 0 Å². The second-order valence-electron chi connectivity index (χ2n) is 4.28. The zero-order valence-electron chi connectivity index (χ0n) is 10.4. The topological polar surface area (TPSA) is 82.3 Å². The molecular weight excluding hydrogens is 256 g/mol. The third kappa shape index (κ3) is 2.32. The van der Waals surface area contributed by atoms with Crippen LogP contribution in [0.15, 0.2) is 48.5 Å². The van der Waals surface area contributed by atoms with Crippen LogP contribution in [0.1, 0.15) is 20.7 Å². The van der Waals surface area contributed by atoms with Crippen LogP contribution in [0.4, 0.5) is 11.4 Å². The average Bonchev–Trinajstić information content (AvgIpc) is 2.48. The predicted octanol–water partition coefficient (Wildman–Crippen LogP) is 1.51. The first-order chi connectivity index (χ1) is 9.74. The molecule has 0 spiro atoms. The molecule has 20 heavy (non-hydrogen) atoms. The van der Waals surface area contributed by atoms with E-state index in [-0.39, 0.29) is 11.8 Å². The summed E-state index contributed by atoms with van der Waals surface area (Å²) in [5.74, 6) is -0.543. The molecule has 6 heteroatoms. The Bertz CT molecular complexity index is 670. The molecule has 0 unspecified atom stereocenters. The number of hydrogen-bond acceptors (Lipinski definition) is 4. The van der Waals surface area contributed by atoms with E-state index in [4.69, 9.17) is 0 Å². The van der Waals surface area contributed by atoms with Crippen LogP contribution < -0.4 is 21.7 Å². The van der Waals surface area contributed by atoms with Crippen molar-refractivity contribution >= 4 is 23.2 Å². The number of para-hydroxylation sites is 1. The van der Waals surface area contributed by atoms with Gasteiger partial charge in [-0.05, 0) is 30.3 Å². The molecule has 0 fully saturated rings. The third-order valence-electron chi connectivity index (χ3n) is 2.93. The van der Waals surface area contributed by atoms with Gasteiger partial charge in [-0.3, -0.25) is 15.0 Å². The first kappa shape index (κ1) is 12.2. The first-order valence-corrected chi connectivity index (χ1v) is 6.06. The summed E-state index contributed by atoms with van der Waals surface area (Å²) in [5, 5.41) is 2.77. The largest absolute Gasteiger partial charge is 0.322 e. The number of hydrogen-bond donors (Lipinski definition) is 4. The van der Waals surface area contributed by atoms with Crippen molar-refractivity contribution in [2.24, 2.45) is 0 Å². The molecule has 2 amide bonds. The Kier molecular flexibility index (Phi) is 3.06. The molecule has 0 saturated carbocycles. The fourth-order valence-corrected chi connectivity index (χ4v) is 1.93. The molecule has 0 aliphatic carbocycles. The molecule has 0 saturated heterocycles. The Morgan fingerprint density at radius 1 is 1.00 bits per heavy atom. The second-order valence-corrected chi connectivity index (χ2v) is 4.28. The van der Waals surface area contributed by atoms with E-state index in [1.54, 1.807) is 30.3 Å². The lowest BCUT2D eigenvalue weighted by atomic mass is 10.1. The summed E-state index contributed by atoms with van der Waals surface area (Å²) in [6, 6.07) is 14.0. The minimum Gasteiger partial charge on any atom is -0.322 e. The third-order valence-corrected chi connectivity index (χ3v) is 2.93. The normalized spacial score (nSPS) is 12.9. The van der Waals surface area contributed by atoms with Gasteiger partial charge in [0.25, 0.3) is 11.8 Å². The molecule has 1 heterocycles. The van der Waals surface area contributed by atoms with Gasteiger partial charge in [0.1, 0.15) is 0 Å². The molecule has 1 aliphatic heterocycles. The minimum absolute atomic E-state index is 0.259. The monoisotopic (exact) mass is 268 g/mol. The standard InChI is InChI=1S/C14H12N4O2/c19-13(15-10-4-2-1-3-5-10)9-6-7-12-11(8-9)14(20)17-18-16-12/h1-8,16,18H,(H,15,19)(H,17,20). The second kappa shape index (κ2) is 5.02. The molecule has 3 rings (SSSR count). The number of fused-ring (bicyclic) bond motifs is 1. The predicted molar refractivity (Wildman–Crippen MR) is 75.1 cm³/mol. The van der Waals surface area contributed by atoms with Gasteiger partial charge in [-0.15, -0.1) is 5.53 Å². The van der Waals surface area contributed by atoms with E-state index in [2.05, 4.69) is 21.7 Å². The van der Waals surface area contributed by atoms with Crippen LogP contribution >= 0.6 is 0 Å². The molecule has 0 atom stereocenters. The van der Waals surface area contributed by atoms with Crippen molar-refractivity contribution in [2.45, 2.75) is 0 Å². The lowest BCUT2D eigenvalue weighted by Crippen LogP contribution is -2.45. The van der Waals surface area contributed by atoms with Crippen LogP contribution in [0.5, 0.6) is 0 Å². The number of rotatable bonds is 2. The Hall–Kier alpha value is -2.86. The molecule has 0 radical (unpaired) electrons. The quantitative estimate of drug-likeness (QED) is 0.665. The smallest absolute Gasteiger partial charge is 0.268 e. The number of anilines is 2. The van der Waals surface area contributed by atoms with E-state index in [1.165, 1.54) is 0 Å². The highest BCUT2D eigenvalue weighted by Gasteiger charge is 2.18. The van der Waals surface area contributed by atoms with Crippen molar-refractivity contribution in [1.29, 1.82) is 0 Å². The average molecular weight is 268 g/mol. The zero-order valence-corrected chi connectivity index (χ0v) is 10.4. The number of benzene rings is 2. The zero-order chi connectivity index (χ0) is 13.9. The highest BCUT2D eigenvalue weighted by Crippen LogP contribution is 2.19. The van der Waals surface area contributed by atoms with E-state index in [1.807, 2.05) is 18.2 Å².